The third kappa shape index (κ3) is 5.61. The predicted molar refractivity (Wildman–Crippen MR) is 129 cm³/mol. The van der Waals surface area contributed by atoms with Crippen molar-refractivity contribution in [1.82, 2.24) is 14.8 Å². The molecule has 0 bridgehead atoms. The van der Waals surface area contributed by atoms with Gasteiger partial charge in [0.25, 0.3) is 0 Å². The third-order valence-corrected chi connectivity index (χ3v) is 5.56. The number of aromatic nitrogens is 3. The van der Waals surface area contributed by atoms with Crippen molar-refractivity contribution >= 4 is 5.97 Å². The first-order valence-electron chi connectivity index (χ1n) is 11.1. The highest BCUT2D eigenvalue weighted by Gasteiger charge is 2.22. The van der Waals surface area contributed by atoms with Gasteiger partial charge in [0.15, 0.2) is 0 Å². The van der Waals surface area contributed by atoms with Crippen LogP contribution < -0.4 is 9.47 Å². The average Bonchev–Trinajstić information content (AvgIpc) is 3.28. The number of benzene rings is 3. The fourth-order valence-corrected chi connectivity index (χ4v) is 3.84. The number of carboxylic acids is 1. The Kier molecular flexibility index (Phi) is 7.22. The molecule has 0 saturated carbocycles. The first-order valence-corrected chi connectivity index (χ1v) is 11.1. The Morgan fingerprint density at radius 1 is 0.971 bits per heavy atom. The van der Waals surface area contributed by atoms with E-state index in [0.29, 0.717) is 24.8 Å². The van der Waals surface area contributed by atoms with E-state index in [1.165, 1.54) is 6.33 Å². The van der Waals surface area contributed by atoms with Crippen LogP contribution in [0.4, 0.5) is 0 Å². The summed E-state index contributed by atoms with van der Waals surface area (Å²) >= 11 is 0. The summed E-state index contributed by atoms with van der Waals surface area (Å²) in [6.07, 6.45) is 1.37. The molecule has 0 fully saturated rings. The maximum Gasteiger partial charge on any atom is 0.304 e. The van der Waals surface area contributed by atoms with Crippen molar-refractivity contribution in [2.24, 2.45) is 7.05 Å². The number of hydrogen-bond acceptors (Lipinski definition) is 5. The molecule has 0 aliphatic carbocycles. The van der Waals surface area contributed by atoms with Gasteiger partial charge in [-0.2, -0.15) is 5.10 Å². The van der Waals surface area contributed by atoms with Crippen molar-refractivity contribution < 1.29 is 19.4 Å². The summed E-state index contributed by atoms with van der Waals surface area (Å²) < 4.78 is 13.1. The molecule has 3 aromatic carbocycles. The van der Waals surface area contributed by atoms with E-state index in [-0.39, 0.29) is 12.3 Å². The maximum absolute atomic E-state index is 11.4. The molecule has 1 unspecified atom stereocenters. The minimum absolute atomic E-state index is 0.0629. The molecule has 7 heteroatoms. The van der Waals surface area contributed by atoms with Crippen LogP contribution in [0.5, 0.6) is 11.5 Å². The minimum Gasteiger partial charge on any atom is -0.494 e. The third-order valence-electron chi connectivity index (χ3n) is 5.56. The van der Waals surface area contributed by atoms with E-state index in [2.05, 4.69) is 28.3 Å². The molecule has 0 amide bonds. The zero-order valence-electron chi connectivity index (χ0n) is 19.2. The van der Waals surface area contributed by atoms with E-state index in [9.17, 15) is 9.90 Å². The monoisotopic (exact) mass is 457 g/mol. The Morgan fingerprint density at radius 2 is 1.74 bits per heavy atom. The summed E-state index contributed by atoms with van der Waals surface area (Å²) in [7, 11) is 1.76. The molecule has 0 radical (unpaired) electrons. The SMILES string of the molecule is CCOc1cccc(-c2ccc(COc3ccc(C(CC(=O)O)c4ncnn4C)cc3)cc2)c1. The molecule has 7 nitrogen and oxygen atoms in total. The lowest BCUT2D eigenvalue weighted by Gasteiger charge is -2.15. The van der Waals surface area contributed by atoms with Crippen LogP contribution in [-0.4, -0.2) is 32.4 Å². The van der Waals surface area contributed by atoms with E-state index in [0.717, 1.165) is 28.0 Å². The molecule has 1 heterocycles. The van der Waals surface area contributed by atoms with Crippen molar-refractivity contribution in [3.05, 3.63) is 96.1 Å². The fraction of sp³-hybridized carbons (Fsp3) is 0.222. The highest BCUT2D eigenvalue weighted by molar-refractivity contribution is 5.68. The largest absolute Gasteiger partial charge is 0.494 e. The molecule has 1 N–H and O–H groups in total. The summed E-state index contributed by atoms with van der Waals surface area (Å²) in [6, 6.07) is 23.8. The highest BCUT2D eigenvalue weighted by atomic mass is 16.5. The van der Waals surface area contributed by atoms with Crippen molar-refractivity contribution in [3.63, 3.8) is 0 Å². The summed E-state index contributed by atoms with van der Waals surface area (Å²) in [4.78, 5) is 15.6. The second kappa shape index (κ2) is 10.7. The van der Waals surface area contributed by atoms with Gasteiger partial charge in [0.1, 0.15) is 30.3 Å². The van der Waals surface area contributed by atoms with Crippen LogP contribution in [-0.2, 0) is 18.4 Å². The highest BCUT2D eigenvalue weighted by Crippen LogP contribution is 2.28. The number of hydrogen-bond donors (Lipinski definition) is 1. The number of carbonyl (C=O) groups is 1. The van der Waals surface area contributed by atoms with E-state index >= 15 is 0 Å². The van der Waals surface area contributed by atoms with Crippen molar-refractivity contribution in [2.45, 2.75) is 25.9 Å². The number of nitrogens with zero attached hydrogens (tertiary/aromatic N) is 3. The van der Waals surface area contributed by atoms with Crippen LogP contribution in [0.25, 0.3) is 11.1 Å². The van der Waals surface area contributed by atoms with Crippen LogP contribution in [0.15, 0.2) is 79.1 Å². The average molecular weight is 458 g/mol. The lowest BCUT2D eigenvalue weighted by molar-refractivity contribution is -0.137. The molecule has 4 rings (SSSR count). The van der Waals surface area contributed by atoms with Gasteiger partial charge >= 0.3 is 5.97 Å². The number of aliphatic carboxylic acids is 1. The van der Waals surface area contributed by atoms with Crippen LogP contribution in [0.1, 0.15) is 36.2 Å². The molecule has 4 aromatic rings. The maximum atomic E-state index is 11.4. The zero-order valence-corrected chi connectivity index (χ0v) is 19.2. The number of rotatable bonds is 10. The normalized spacial score (nSPS) is 11.7. The summed E-state index contributed by atoms with van der Waals surface area (Å²) in [5.41, 5.74) is 4.12. The number of ether oxygens (including phenoxy) is 2. The molecule has 0 aliphatic heterocycles. The lowest BCUT2D eigenvalue weighted by atomic mass is 9.95. The molecule has 34 heavy (non-hydrogen) atoms. The first kappa shape index (κ1) is 23.0. The van der Waals surface area contributed by atoms with Crippen LogP contribution >= 0.6 is 0 Å². The van der Waals surface area contributed by atoms with Crippen molar-refractivity contribution in [1.29, 1.82) is 0 Å². The van der Waals surface area contributed by atoms with E-state index in [1.54, 1.807) is 11.7 Å². The van der Waals surface area contributed by atoms with E-state index in [1.807, 2.05) is 61.5 Å². The van der Waals surface area contributed by atoms with Gasteiger partial charge in [-0.05, 0) is 53.4 Å². The van der Waals surface area contributed by atoms with Crippen molar-refractivity contribution in [2.75, 3.05) is 6.61 Å². The standard InChI is InChI=1S/C27H27N3O4/c1-3-33-24-6-4-5-22(15-24)20-9-7-19(8-10-20)17-34-23-13-11-21(12-14-23)25(16-26(31)32)27-28-18-29-30(27)2/h4-15,18,25H,3,16-17H2,1-2H3,(H,31,32). The Hall–Kier alpha value is -4.13. The predicted octanol–water partition coefficient (Wildman–Crippen LogP) is 5.07. The second-order valence-corrected chi connectivity index (χ2v) is 7.91. The molecular weight excluding hydrogens is 430 g/mol. The summed E-state index contributed by atoms with van der Waals surface area (Å²) in [5, 5.41) is 13.4. The van der Waals surface area contributed by atoms with Gasteiger partial charge in [0.2, 0.25) is 0 Å². The molecule has 174 valence electrons. The second-order valence-electron chi connectivity index (χ2n) is 7.91. The topological polar surface area (TPSA) is 86.5 Å². The van der Waals surface area contributed by atoms with Gasteiger partial charge in [-0.1, -0.05) is 48.5 Å². The first-order chi connectivity index (χ1) is 16.5. The Morgan fingerprint density at radius 3 is 2.38 bits per heavy atom. The number of aryl methyl sites for hydroxylation is 1. The van der Waals surface area contributed by atoms with Gasteiger partial charge in [0.05, 0.1) is 18.9 Å². The smallest absolute Gasteiger partial charge is 0.304 e. The van der Waals surface area contributed by atoms with E-state index in [4.69, 9.17) is 9.47 Å². The van der Waals surface area contributed by atoms with E-state index < -0.39 is 5.97 Å². The van der Waals surface area contributed by atoms with Gasteiger partial charge < -0.3 is 14.6 Å². The minimum atomic E-state index is -0.888. The summed E-state index contributed by atoms with van der Waals surface area (Å²) in [6.45, 7) is 3.04. The fourth-order valence-electron chi connectivity index (χ4n) is 3.84. The Labute approximate surface area is 198 Å². The quantitative estimate of drug-likeness (QED) is 0.358. The Balaban J connectivity index is 1.41. The number of carboxylic acid groups (broad SMARTS) is 1. The van der Waals surface area contributed by atoms with Gasteiger partial charge in [-0.3, -0.25) is 9.48 Å². The van der Waals surface area contributed by atoms with Gasteiger partial charge in [0, 0.05) is 7.05 Å². The molecular formula is C27H27N3O4. The molecule has 0 saturated heterocycles. The van der Waals surface area contributed by atoms with Crippen LogP contribution in [0, 0.1) is 0 Å². The lowest BCUT2D eigenvalue weighted by Crippen LogP contribution is -2.13. The molecule has 1 atom stereocenters. The Bertz CT molecular complexity index is 1230. The van der Waals surface area contributed by atoms with Crippen molar-refractivity contribution in [3.8, 4) is 22.6 Å². The molecule has 0 aliphatic rings. The van der Waals surface area contributed by atoms with Crippen LogP contribution in [0.2, 0.25) is 0 Å². The summed E-state index contributed by atoms with van der Waals surface area (Å²) in [5.74, 6) is 0.919. The van der Waals surface area contributed by atoms with Gasteiger partial charge in [-0.25, -0.2) is 4.98 Å². The zero-order chi connectivity index (χ0) is 23.9. The van der Waals surface area contributed by atoms with Gasteiger partial charge in [-0.15, -0.1) is 0 Å². The van der Waals surface area contributed by atoms with Crippen LogP contribution in [0.3, 0.4) is 0 Å². The molecule has 0 spiro atoms. The molecule has 1 aromatic heterocycles.